The van der Waals surface area contributed by atoms with Crippen LogP contribution in [-0.4, -0.2) is 31.2 Å². The number of nitrogens with two attached hydrogens (primary N) is 1. The third-order valence-electron chi connectivity index (χ3n) is 3.63. The predicted octanol–water partition coefficient (Wildman–Crippen LogP) is 2.19. The monoisotopic (exact) mass is 249 g/mol. The van der Waals surface area contributed by atoms with Crippen molar-refractivity contribution in [2.45, 2.75) is 38.1 Å². The molecule has 18 heavy (non-hydrogen) atoms. The van der Waals surface area contributed by atoms with Gasteiger partial charge in [0.1, 0.15) is 0 Å². The van der Waals surface area contributed by atoms with E-state index in [1.807, 2.05) is 18.3 Å². The highest BCUT2D eigenvalue weighted by atomic mass is 16.5. The quantitative estimate of drug-likeness (QED) is 0.869. The molecular formula is C14H23N3O. The Labute approximate surface area is 109 Å². The number of ether oxygens (including phenoxy) is 1. The normalized spacial score (nSPS) is 16.6. The third-order valence-corrected chi connectivity index (χ3v) is 3.63. The zero-order valence-electron chi connectivity index (χ0n) is 11.1. The van der Waals surface area contributed by atoms with E-state index in [0.29, 0.717) is 12.6 Å². The number of hydrogen-bond donors (Lipinski definition) is 1. The molecule has 1 aliphatic rings. The maximum Gasteiger partial charge on any atom is 0.171 e. The summed E-state index contributed by atoms with van der Waals surface area (Å²) in [5, 5.41) is 0. The first kappa shape index (κ1) is 13.1. The fraction of sp³-hybridized carbons (Fsp3) is 0.643. The van der Waals surface area contributed by atoms with Crippen molar-refractivity contribution in [1.29, 1.82) is 0 Å². The summed E-state index contributed by atoms with van der Waals surface area (Å²) in [4.78, 5) is 6.82. The zero-order chi connectivity index (χ0) is 12.8. The number of aromatic nitrogens is 1. The minimum absolute atomic E-state index is 0.561. The highest BCUT2D eigenvalue weighted by molar-refractivity contribution is 5.52. The Hall–Kier alpha value is -1.29. The van der Waals surface area contributed by atoms with E-state index >= 15 is 0 Å². The molecule has 2 rings (SSSR count). The van der Waals surface area contributed by atoms with Gasteiger partial charge < -0.3 is 15.4 Å². The van der Waals surface area contributed by atoms with Crippen molar-refractivity contribution in [3.8, 4) is 5.75 Å². The molecule has 1 saturated carbocycles. The predicted molar refractivity (Wildman–Crippen MR) is 74.1 cm³/mol. The Balaban J connectivity index is 2.22. The van der Waals surface area contributed by atoms with Crippen LogP contribution in [0.5, 0.6) is 5.75 Å². The summed E-state index contributed by atoms with van der Waals surface area (Å²) < 4.78 is 5.42. The summed E-state index contributed by atoms with van der Waals surface area (Å²) in [5.41, 5.74) is 5.75. The molecule has 0 aromatic carbocycles. The molecule has 4 nitrogen and oxygen atoms in total. The van der Waals surface area contributed by atoms with Gasteiger partial charge >= 0.3 is 0 Å². The molecule has 0 radical (unpaired) electrons. The number of hydrogen-bond acceptors (Lipinski definition) is 4. The molecule has 4 heteroatoms. The van der Waals surface area contributed by atoms with Crippen LogP contribution in [0.25, 0.3) is 0 Å². The van der Waals surface area contributed by atoms with E-state index in [2.05, 4.69) is 9.88 Å². The molecule has 0 bridgehead atoms. The lowest BCUT2D eigenvalue weighted by molar-refractivity contribution is 0.392. The van der Waals surface area contributed by atoms with Crippen molar-refractivity contribution in [3.63, 3.8) is 0 Å². The van der Waals surface area contributed by atoms with Gasteiger partial charge in [0.05, 0.1) is 7.11 Å². The first-order valence-corrected chi connectivity index (χ1v) is 6.82. The molecule has 1 aliphatic carbocycles. The van der Waals surface area contributed by atoms with E-state index in [9.17, 15) is 0 Å². The first-order valence-electron chi connectivity index (χ1n) is 6.82. The van der Waals surface area contributed by atoms with Crippen molar-refractivity contribution in [2.24, 2.45) is 5.73 Å². The Kier molecular flexibility index (Phi) is 4.81. The topological polar surface area (TPSA) is 51.4 Å². The van der Waals surface area contributed by atoms with E-state index in [-0.39, 0.29) is 0 Å². The lowest BCUT2D eigenvalue weighted by Gasteiger charge is -2.35. The van der Waals surface area contributed by atoms with Gasteiger partial charge in [-0.15, -0.1) is 0 Å². The molecule has 0 unspecified atom stereocenters. The van der Waals surface area contributed by atoms with Gasteiger partial charge in [0.15, 0.2) is 11.6 Å². The smallest absolute Gasteiger partial charge is 0.171 e. The summed E-state index contributed by atoms with van der Waals surface area (Å²) in [6.45, 7) is 1.49. The fourth-order valence-electron chi connectivity index (χ4n) is 2.75. The molecule has 0 saturated heterocycles. The van der Waals surface area contributed by atoms with E-state index in [0.717, 1.165) is 18.1 Å². The molecule has 1 fully saturated rings. The molecule has 1 aromatic rings. The summed E-state index contributed by atoms with van der Waals surface area (Å²) in [7, 11) is 1.70. The van der Waals surface area contributed by atoms with Crippen LogP contribution < -0.4 is 15.4 Å². The highest BCUT2D eigenvalue weighted by Gasteiger charge is 2.23. The van der Waals surface area contributed by atoms with E-state index < -0.39 is 0 Å². The minimum atomic E-state index is 0.561. The Morgan fingerprint density at radius 1 is 1.39 bits per heavy atom. The molecule has 1 aromatic heterocycles. The Bertz CT molecular complexity index is 364. The average molecular weight is 249 g/mol. The lowest BCUT2D eigenvalue weighted by Crippen LogP contribution is -2.40. The number of methoxy groups -OCH3 is 1. The minimum Gasteiger partial charge on any atom is -0.493 e. The number of anilines is 1. The second kappa shape index (κ2) is 6.59. The maximum absolute atomic E-state index is 5.75. The van der Waals surface area contributed by atoms with Crippen LogP contribution in [0, 0.1) is 0 Å². The van der Waals surface area contributed by atoms with Crippen LogP contribution in [0.1, 0.15) is 32.1 Å². The number of rotatable bonds is 5. The van der Waals surface area contributed by atoms with Gasteiger partial charge in [0.2, 0.25) is 0 Å². The second-order valence-corrected chi connectivity index (χ2v) is 4.80. The highest BCUT2D eigenvalue weighted by Crippen LogP contribution is 2.31. The standard InChI is InChI=1S/C14H23N3O/c1-18-13-8-5-10-16-14(13)17(11-9-15)12-6-3-2-4-7-12/h5,8,10,12H,2-4,6-7,9,11,15H2,1H3. The van der Waals surface area contributed by atoms with Gasteiger partial charge in [-0.1, -0.05) is 19.3 Å². The van der Waals surface area contributed by atoms with Crippen LogP contribution in [0.15, 0.2) is 18.3 Å². The molecule has 0 atom stereocenters. The van der Waals surface area contributed by atoms with Crippen LogP contribution in [0.2, 0.25) is 0 Å². The van der Waals surface area contributed by atoms with Gasteiger partial charge in [-0.3, -0.25) is 0 Å². The molecular weight excluding hydrogens is 226 g/mol. The van der Waals surface area contributed by atoms with Crippen LogP contribution >= 0.6 is 0 Å². The first-order chi connectivity index (χ1) is 8.86. The number of nitrogens with zero attached hydrogens (tertiary/aromatic N) is 2. The molecule has 0 amide bonds. The van der Waals surface area contributed by atoms with Crippen molar-refractivity contribution in [3.05, 3.63) is 18.3 Å². The van der Waals surface area contributed by atoms with Crippen molar-refractivity contribution >= 4 is 5.82 Å². The average Bonchev–Trinajstić information content (AvgIpc) is 2.46. The molecule has 100 valence electrons. The Morgan fingerprint density at radius 3 is 2.83 bits per heavy atom. The molecule has 0 aliphatic heterocycles. The van der Waals surface area contributed by atoms with Crippen molar-refractivity contribution in [2.75, 3.05) is 25.1 Å². The lowest BCUT2D eigenvalue weighted by atomic mass is 9.94. The van der Waals surface area contributed by atoms with Crippen LogP contribution in [-0.2, 0) is 0 Å². The zero-order valence-corrected chi connectivity index (χ0v) is 11.1. The van der Waals surface area contributed by atoms with Crippen LogP contribution in [0.4, 0.5) is 5.82 Å². The Morgan fingerprint density at radius 2 is 2.17 bits per heavy atom. The second-order valence-electron chi connectivity index (χ2n) is 4.80. The van der Waals surface area contributed by atoms with Gasteiger partial charge in [-0.25, -0.2) is 4.98 Å². The largest absolute Gasteiger partial charge is 0.493 e. The summed E-state index contributed by atoms with van der Waals surface area (Å²) >= 11 is 0. The van der Waals surface area contributed by atoms with Gasteiger partial charge in [0, 0.05) is 25.3 Å². The SMILES string of the molecule is COc1cccnc1N(CCN)C1CCCCC1. The summed E-state index contributed by atoms with van der Waals surface area (Å²) in [5.74, 6) is 1.79. The number of pyridine rings is 1. The third kappa shape index (κ3) is 2.93. The van der Waals surface area contributed by atoms with Crippen LogP contribution in [0.3, 0.4) is 0 Å². The van der Waals surface area contributed by atoms with E-state index in [1.54, 1.807) is 7.11 Å². The fourth-order valence-corrected chi connectivity index (χ4v) is 2.75. The maximum atomic E-state index is 5.75. The van der Waals surface area contributed by atoms with E-state index in [1.165, 1.54) is 32.1 Å². The molecule has 0 spiro atoms. The van der Waals surface area contributed by atoms with E-state index in [4.69, 9.17) is 10.5 Å². The summed E-state index contributed by atoms with van der Waals surface area (Å²) in [6.07, 6.45) is 8.26. The van der Waals surface area contributed by atoms with Crippen molar-refractivity contribution in [1.82, 2.24) is 4.98 Å². The molecule has 1 heterocycles. The summed E-state index contributed by atoms with van der Waals surface area (Å²) in [6, 6.07) is 4.43. The van der Waals surface area contributed by atoms with Gasteiger partial charge in [-0.05, 0) is 25.0 Å². The van der Waals surface area contributed by atoms with Gasteiger partial charge in [0.25, 0.3) is 0 Å². The molecule has 2 N–H and O–H groups in total. The van der Waals surface area contributed by atoms with Gasteiger partial charge in [-0.2, -0.15) is 0 Å². The van der Waals surface area contributed by atoms with Crippen molar-refractivity contribution < 1.29 is 4.74 Å².